The number of fused-ring (bicyclic) bond motifs is 1. The normalized spacial score (nSPS) is 11.1. The van der Waals surface area contributed by atoms with Gasteiger partial charge in [0, 0.05) is 11.5 Å². The molecule has 0 bridgehead atoms. The van der Waals surface area contributed by atoms with Crippen molar-refractivity contribution in [2.75, 3.05) is 0 Å². The van der Waals surface area contributed by atoms with Crippen LogP contribution in [0.4, 0.5) is 4.39 Å². The summed E-state index contributed by atoms with van der Waals surface area (Å²) < 4.78 is 14.2. The van der Waals surface area contributed by atoms with Crippen LogP contribution < -0.4 is 5.56 Å². The Balaban J connectivity index is 3.00. The van der Waals surface area contributed by atoms with E-state index < -0.39 is 0 Å². The van der Waals surface area contributed by atoms with Gasteiger partial charge in [-0.2, -0.15) is 0 Å². The van der Waals surface area contributed by atoms with Crippen molar-refractivity contribution in [3.63, 3.8) is 0 Å². The molecule has 1 aromatic carbocycles. The molecule has 2 nitrogen and oxygen atoms in total. The van der Waals surface area contributed by atoms with Crippen LogP contribution in [0.2, 0.25) is 0 Å². The van der Waals surface area contributed by atoms with E-state index in [0.29, 0.717) is 11.1 Å². The fourth-order valence-electron chi connectivity index (χ4n) is 2.49. The number of pyridine rings is 1. The van der Waals surface area contributed by atoms with Crippen molar-refractivity contribution < 1.29 is 4.39 Å². The van der Waals surface area contributed by atoms with Crippen LogP contribution in [0.15, 0.2) is 16.9 Å². The van der Waals surface area contributed by atoms with Gasteiger partial charge in [0.25, 0.3) is 0 Å². The Labute approximate surface area is 99.5 Å². The fourth-order valence-corrected chi connectivity index (χ4v) is 2.49. The number of nitrogens with one attached hydrogen (secondary N) is 1. The average molecular weight is 233 g/mol. The van der Waals surface area contributed by atoms with Crippen LogP contribution in [0.1, 0.15) is 30.5 Å². The molecule has 1 heterocycles. The molecule has 1 aromatic heterocycles. The van der Waals surface area contributed by atoms with Gasteiger partial charge in [0.1, 0.15) is 0 Å². The summed E-state index contributed by atoms with van der Waals surface area (Å²) in [6.45, 7) is 5.85. The highest BCUT2D eigenvalue weighted by Crippen LogP contribution is 2.28. The monoisotopic (exact) mass is 233 g/mol. The average Bonchev–Trinajstić information content (AvgIpc) is 2.33. The maximum Gasteiger partial charge on any atom is 0.248 e. The van der Waals surface area contributed by atoms with E-state index in [2.05, 4.69) is 11.9 Å². The van der Waals surface area contributed by atoms with E-state index in [1.807, 2.05) is 6.92 Å². The van der Waals surface area contributed by atoms with E-state index in [0.717, 1.165) is 29.4 Å². The molecule has 0 fully saturated rings. The summed E-state index contributed by atoms with van der Waals surface area (Å²) in [6.07, 6.45) is 1.65. The standard InChI is InChI=1S/C14H16FNO/c1-4-9-8(3)13(15)14-11(10(9)5-2)6-7-12(17)16-14/h6-7H,4-5H2,1-3H3,(H,16,17). The first-order valence-electron chi connectivity index (χ1n) is 5.93. The Morgan fingerprint density at radius 3 is 2.41 bits per heavy atom. The van der Waals surface area contributed by atoms with Crippen molar-refractivity contribution in [3.8, 4) is 0 Å². The van der Waals surface area contributed by atoms with Gasteiger partial charge in [-0.05, 0) is 42.5 Å². The number of rotatable bonds is 2. The Morgan fingerprint density at radius 2 is 1.82 bits per heavy atom. The summed E-state index contributed by atoms with van der Waals surface area (Å²) in [6, 6.07) is 3.17. The molecule has 0 aliphatic heterocycles. The first kappa shape index (κ1) is 11.8. The highest BCUT2D eigenvalue weighted by atomic mass is 19.1. The molecule has 0 unspecified atom stereocenters. The third-order valence-corrected chi connectivity index (χ3v) is 3.32. The largest absolute Gasteiger partial charge is 0.319 e. The minimum absolute atomic E-state index is 0.262. The van der Waals surface area contributed by atoms with Crippen molar-refractivity contribution in [1.29, 1.82) is 0 Å². The lowest BCUT2D eigenvalue weighted by Crippen LogP contribution is -2.08. The maximum absolute atomic E-state index is 14.2. The van der Waals surface area contributed by atoms with Crippen molar-refractivity contribution in [2.45, 2.75) is 33.6 Å². The lowest BCUT2D eigenvalue weighted by molar-refractivity contribution is 0.623. The summed E-state index contributed by atoms with van der Waals surface area (Å²) >= 11 is 0. The number of benzene rings is 1. The summed E-state index contributed by atoms with van der Waals surface area (Å²) in [7, 11) is 0. The van der Waals surface area contributed by atoms with Gasteiger partial charge < -0.3 is 4.98 Å². The molecule has 17 heavy (non-hydrogen) atoms. The van der Waals surface area contributed by atoms with Crippen LogP contribution in [-0.4, -0.2) is 4.98 Å². The SMILES string of the molecule is CCc1c(C)c(F)c2[nH]c(=O)ccc2c1CC. The number of hydrogen-bond donors (Lipinski definition) is 1. The van der Waals surface area contributed by atoms with Crippen LogP contribution in [0.3, 0.4) is 0 Å². The number of aromatic amines is 1. The number of aromatic nitrogens is 1. The number of halogens is 1. The molecular weight excluding hydrogens is 217 g/mol. The summed E-state index contributed by atoms with van der Waals surface area (Å²) in [5, 5.41) is 0.826. The molecule has 0 aliphatic carbocycles. The van der Waals surface area contributed by atoms with Crippen molar-refractivity contribution in [2.24, 2.45) is 0 Å². The molecule has 0 saturated carbocycles. The predicted molar refractivity (Wildman–Crippen MR) is 68.0 cm³/mol. The van der Waals surface area contributed by atoms with E-state index >= 15 is 0 Å². The van der Waals surface area contributed by atoms with Gasteiger partial charge in [-0.25, -0.2) is 4.39 Å². The van der Waals surface area contributed by atoms with E-state index in [4.69, 9.17) is 0 Å². The summed E-state index contributed by atoms with van der Waals surface area (Å²) in [4.78, 5) is 13.9. The van der Waals surface area contributed by atoms with Gasteiger partial charge in [-0.1, -0.05) is 13.8 Å². The minimum Gasteiger partial charge on any atom is -0.319 e. The number of aryl methyl sites for hydroxylation is 1. The fraction of sp³-hybridized carbons (Fsp3) is 0.357. The molecule has 0 radical (unpaired) electrons. The topological polar surface area (TPSA) is 32.9 Å². The van der Waals surface area contributed by atoms with Crippen LogP contribution in [0, 0.1) is 12.7 Å². The quantitative estimate of drug-likeness (QED) is 0.849. The zero-order valence-corrected chi connectivity index (χ0v) is 10.4. The first-order chi connectivity index (χ1) is 8.10. The second-order valence-electron chi connectivity index (χ2n) is 4.21. The molecule has 0 amide bonds. The molecule has 3 heteroatoms. The second-order valence-corrected chi connectivity index (χ2v) is 4.21. The lowest BCUT2D eigenvalue weighted by Gasteiger charge is -2.14. The van der Waals surface area contributed by atoms with Gasteiger partial charge in [-0.15, -0.1) is 0 Å². The highest BCUT2D eigenvalue weighted by Gasteiger charge is 2.15. The molecule has 0 atom stereocenters. The van der Waals surface area contributed by atoms with Gasteiger partial charge in [0.2, 0.25) is 5.56 Å². The van der Waals surface area contributed by atoms with Crippen molar-refractivity contribution in [3.05, 3.63) is 45.0 Å². The van der Waals surface area contributed by atoms with Crippen LogP contribution in [0.5, 0.6) is 0 Å². The molecule has 0 saturated heterocycles. The van der Waals surface area contributed by atoms with Crippen LogP contribution >= 0.6 is 0 Å². The number of H-pyrrole nitrogens is 1. The molecule has 0 spiro atoms. The molecule has 1 N–H and O–H groups in total. The van der Waals surface area contributed by atoms with E-state index in [-0.39, 0.29) is 11.4 Å². The van der Waals surface area contributed by atoms with Crippen LogP contribution in [0.25, 0.3) is 10.9 Å². The zero-order chi connectivity index (χ0) is 12.6. The number of hydrogen-bond acceptors (Lipinski definition) is 1. The third kappa shape index (κ3) is 1.75. The highest BCUT2D eigenvalue weighted by molar-refractivity contribution is 5.85. The lowest BCUT2D eigenvalue weighted by atomic mass is 9.93. The van der Waals surface area contributed by atoms with E-state index in [9.17, 15) is 9.18 Å². The molecule has 2 rings (SSSR count). The minimum atomic E-state index is -0.299. The molecule has 2 aromatic rings. The Bertz CT molecular complexity index is 628. The van der Waals surface area contributed by atoms with Gasteiger partial charge in [0.15, 0.2) is 5.82 Å². The second kappa shape index (κ2) is 4.32. The van der Waals surface area contributed by atoms with Crippen molar-refractivity contribution in [1.82, 2.24) is 4.98 Å². The Hall–Kier alpha value is -1.64. The first-order valence-corrected chi connectivity index (χ1v) is 5.93. The van der Waals surface area contributed by atoms with Gasteiger partial charge >= 0.3 is 0 Å². The molecule has 90 valence electrons. The molecular formula is C14H16FNO. The van der Waals surface area contributed by atoms with Crippen LogP contribution in [-0.2, 0) is 12.8 Å². The Kier molecular flexibility index (Phi) is 3.01. The van der Waals surface area contributed by atoms with E-state index in [1.165, 1.54) is 6.07 Å². The van der Waals surface area contributed by atoms with Gasteiger partial charge in [-0.3, -0.25) is 4.79 Å². The van der Waals surface area contributed by atoms with Gasteiger partial charge in [0.05, 0.1) is 5.52 Å². The molecule has 0 aliphatic rings. The summed E-state index contributed by atoms with van der Waals surface area (Å²) in [5.74, 6) is -0.299. The zero-order valence-electron chi connectivity index (χ0n) is 10.4. The smallest absolute Gasteiger partial charge is 0.248 e. The Morgan fingerprint density at radius 1 is 1.18 bits per heavy atom. The van der Waals surface area contributed by atoms with E-state index in [1.54, 1.807) is 13.0 Å². The predicted octanol–water partition coefficient (Wildman–Crippen LogP) is 3.10. The van der Waals surface area contributed by atoms with Crippen molar-refractivity contribution >= 4 is 10.9 Å². The maximum atomic E-state index is 14.2. The summed E-state index contributed by atoms with van der Waals surface area (Å²) in [5.41, 5.74) is 2.92. The third-order valence-electron chi connectivity index (χ3n) is 3.32.